The minimum Gasteiger partial charge on any atom is -0.466 e. The normalized spacial score (nSPS) is 10.0. The summed E-state index contributed by atoms with van der Waals surface area (Å²) >= 11 is 5.66. The lowest BCUT2D eigenvalue weighted by Crippen LogP contribution is -2.25. The molecule has 0 aliphatic carbocycles. The number of carbonyl (C=O) groups excluding carboxylic acids is 2. The Morgan fingerprint density at radius 1 is 1.43 bits per heavy atom. The number of nitro groups is 1. The summed E-state index contributed by atoms with van der Waals surface area (Å²) in [6.07, 6.45) is 0.634. The second-order valence-electron chi connectivity index (χ2n) is 4.09. The van der Waals surface area contributed by atoms with Crippen molar-refractivity contribution in [3.8, 4) is 0 Å². The van der Waals surface area contributed by atoms with E-state index in [0.717, 1.165) is 6.07 Å². The average molecular weight is 315 g/mol. The third-order valence-electron chi connectivity index (χ3n) is 2.55. The second-order valence-corrected chi connectivity index (χ2v) is 4.49. The van der Waals surface area contributed by atoms with Crippen molar-refractivity contribution in [1.29, 1.82) is 0 Å². The van der Waals surface area contributed by atoms with E-state index in [9.17, 15) is 19.7 Å². The van der Waals surface area contributed by atoms with Crippen LogP contribution in [0.3, 0.4) is 0 Å². The predicted octanol–water partition coefficient (Wildman–Crippen LogP) is 2.32. The number of carbonyl (C=O) groups is 2. The number of nitrogens with zero attached hydrogens (tertiary/aromatic N) is 1. The van der Waals surface area contributed by atoms with Gasteiger partial charge in [0.2, 0.25) is 0 Å². The molecule has 0 saturated carbocycles. The molecule has 0 atom stereocenters. The van der Waals surface area contributed by atoms with Crippen LogP contribution in [0.4, 0.5) is 5.69 Å². The molecule has 1 aromatic carbocycles. The summed E-state index contributed by atoms with van der Waals surface area (Å²) in [4.78, 5) is 33.0. The molecule has 1 N–H and O–H groups in total. The summed E-state index contributed by atoms with van der Waals surface area (Å²) in [5.74, 6) is -0.785. The van der Waals surface area contributed by atoms with E-state index in [1.807, 2.05) is 0 Å². The van der Waals surface area contributed by atoms with Crippen LogP contribution in [0.2, 0.25) is 5.02 Å². The zero-order chi connectivity index (χ0) is 15.8. The SMILES string of the molecule is CCOC(=O)CCCNC(=O)c1ccc(Cl)c([N+](=O)[O-])c1. The smallest absolute Gasteiger partial charge is 0.305 e. The van der Waals surface area contributed by atoms with Crippen molar-refractivity contribution >= 4 is 29.2 Å². The Kier molecular flexibility index (Phi) is 6.61. The first-order valence-electron chi connectivity index (χ1n) is 6.33. The highest BCUT2D eigenvalue weighted by Crippen LogP contribution is 2.24. The van der Waals surface area contributed by atoms with E-state index < -0.39 is 10.8 Å². The third kappa shape index (κ3) is 5.39. The highest BCUT2D eigenvalue weighted by molar-refractivity contribution is 6.32. The predicted molar refractivity (Wildman–Crippen MR) is 76.3 cm³/mol. The molecular weight excluding hydrogens is 300 g/mol. The van der Waals surface area contributed by atoms with Gasteiger partial charge < -0.3 is 10.1 Å². The molecule has 0 spiro atoms. The zero-order valence-corrected chi connectivity index (χ0v) is 12.2. The van der Waals surface area contributed by atoms with E-state index in [0.29, 0.717) is 13.0 Å². The van der Waals surface area contributed by atoms with Gasteiger partial charge in [-0.1, -0.05) is 11.6 Å². The molecule has 114 valence electrons. The Morgan fingerprint density at radius 2 is 2.14 bits per heavy atom. The van der Waals surface area contributed by atoms with E-state index in [1.54, 1.807) is 6.92 Å². The fourth-order valence-corrected chi connectivity index (χ4v) is 1.75. The molecule has 0 aliphatic rings. The number of benzene rings is 1. The summed E-state index contributed by atoms with van der Waals surface area (Å²) in [6.45, 7) is 2.31. The fourth-order valence-electron chi connectivity index (χ4n) is 1.56. The lowest BCUT2D eigenvalue weighted by molar-refractivity contribution is -0.384. The monoisotopic (exact) mass is 314 g/mol. The summed E-state index contributed by atoms with van der Waals surface area (Å²) in [5.41, 5.74) is -0.182. The Hall–Kier alpha value is -2.15. The Bertz CT molecular complexity index is 547. The molecule has 8 heteroatoms. The number of hydrogen-bond acceptors (Lipinski definition) is 5. The third-order valence-corrected chi connectivity index (χ3v) is 2.87. The lowest BCUT2D eigenvalue weighted by Gasteiger charge is -2.05. The molecule has 0 bridgehead atoms. The molecule has 0 saturated heterocycles. The van der Waals surface area contributed by atoms with Gasteiger partial charge >= 0.3 is 5.97 Å². The summed E-state index contributed by atoms with van der Waals surface area (Å²) in [6, 6.07) is 3.81. The molecule has 0 aromatic heterocycles. The van der Waals surface area contributed by atoms with Gasteiger partial charge in [0.05, 0.1) is 11.5 Å². The van der Waals surface area contributed by atoms with Gasteiger partial charge in [0, 0.05) is 24.6 Å². The van der Waals surface area contributed by atoms with Gasteiger partial charge in [-0.2, -0.15) is 0 Å². The van der Waals surface area contributed by atoms with Crippen LogP contribution >= 0.6 is 11.6 Å². The van der Waals surface area contributed by atoms with Crippen LogP contribution in [0.5, 0.6) is 0 Å². The zero-order valence-electron chi connectivity index (χ0n) is 11.4. The van der Waals surface area contributed by atoms with Crippen molar-refractivity contribution in [3.05, 3.63) is 38.9 Å². The fraction of sp³-hybridized carbons (Fsp3) is 0.385. The number of amides is 1. The number of ether oxygens (including phenoxy) is 1. The van der Waals surface area contributed by atoms with Crippen molar-refractivity contribution in [2.45, 2.75) is 19.8 Å². The highest BCUT2D eigenvalue weighted by Gasteiger charge is 2.16. The highest BCUT2D eigenvalue weighted by atomic mass is 35.5. The van der Waals surface area contributed by atoms with Crippen LogP contribution in [0.25, 0.3) is 0 Å². The van der Waals surface area contributed by atoms with Crippen LogP contribution in [-0.2, 0) is 9.53 Å². The second kappa shape index (κ2) is 8.21. The van der Waals surface area contributed by atoms with Crippen molar-refractivity contribution in [2.75, 3.05) is 13.2 Å². The van der Waals surface area contributed by atoms with Crippen molar-refractivity contribution in [2.24, 2.45) is 0 Å². The van der Waals surface area contributed by atoms with Crippen molar-refractivity contribution in [1.82, 2.24) is 5.32 Å². The van der Waals surface area contributed by atoms with E-state index >= 15 is 0 Å². The Morgan fingerprint density at radius 3 is 2.76 bits per heavy atom. The summed E-state index contributed by atoms with van der Waals surface area (Å²) < 4.78 is 4.75. The average Bonchev–Trinajstić information content (AvgIpc) is 2.43. The first kappa shape index (κ1) is 16.9. The molecule has 0 aliphatic heterocycles. The molecule has 1 rings (SSSR count). The molecule has 1 aromatic rings. The van der Waals surface area contributed by atoms with Crippen LogP contribution in [0, 0.1) is 10.1 Å². The standard InChI is InChI=1S/C13H15ClN2O5/c1-2-21-12(17)4-3-7-15-13(18)9-5-6-10(14)11(8-9)16(19)20/h5-6,8H,2-4,7H2,1H3,(H,15,18). The lowest BCUT2D eigenvalue weighted by atomic mass is 10.2. The molecule has 7 nitrogen and oxygen atoms in total. The van der Waals surface area contributed by atoms with Crippen molar-refractivity contribution in [3.63, 3.8) is 0 Å². The van der Waals surface area contributed by atoms with Gasteiger partial charge in [-0.05, 0) is 25.5 Å². The van der Waals surface area contributed by atoms with E-state index in [-0.39, 0.29) is 35.2 Å². The van der Waals surface area contributed by atoms with Crippen LogP contribution < -0.4 is 5.32 Å². The van der Waals surface area contributed by atoms with Crippen LogP contribution in [0.15, 0.2) is 18.2 Å². The molecular formula is C13H15ClN2O5. The van der Waals surface area contributed by atoms with Crippen molar-refractivity contribution < 1.29 is 19.2 Å². The van der Waals surface area contributed by atoms with Gasteiger partial charge in [-0.3, -0.25) is 19.7 Å². The van der Waals surface area contributed by atoms with Gasteiger partial charge in [-0.25, -0.2) is 0 Å². The van der Waals surface area contributed by atoms with Crippen LogP contribution in [0.1, 0.15) is 30.1 Å². The van der Waals surface area contributed by atoms with E-state index in [1.165, 1.54) is 12.1 Å². The number of esters is 1. The Balaban J connectivity index is 2.51. The van der Waals surface area contributed by atoms with E-state index in [4.69, 9.17) is 16.3 Å². The van der Waals surface area contributed by atoms with Crippen LogP contribution in [-0.4, -0.2) is 30.0 Å². The molecule has 0 radical (unpaired) electrons. The topological polar surface area (TPSA) is 98.5 Å². The maximum absolute atomic E-state index is 11.8. The van der Waals surface area contributed by atoms with E-state index in [2.05, 4.69) is 5.32 Å². The number of nitrogens with one attached hydrogen (secondary N) is 1. The minimum absolute atomic E-state index is 0.0288. The number of nitro benzene ring substituents is 1. The molecule has 0 fully saturated rings. The molecule has 0 heterocycles. The minimum atomic E-state index is -0.653. The van der Waals surface area contributed by atoms with Gasteiger partial charge in [0.15, 0.2) is 0 Å². The summed E-state index contributed by atoms with van der Waals surface area (Å²) in [5, 5.41) is 13.3. The summed E-state index contributed by atoms with van der Waals surface area (Å²) in [7, 11) is 0. The van der Waals surface area contributed by atoms with Gasteiger partial charge in [0.25, 0.3) is 11.6 Å². The number of hydrogen-bond donors (Lipinski definition) is 1. The number of rotatable bonds is 7. The first-order chi connectivity index (χ1) is 9.95. The maximum atomic E-state index is 11.8. The van der Waals surface area contributed by atoms with Gasteiger partial charge in [0.1, 0.15) is 5.02 Å². The number of halogens is 1. The largest absolute Gasteiger partial charge is 0.466 e. The Labute approximate surface area is 126 Å². The molecule has 21 heavy (non-hydrogen) atoms. The molecule has 1 amide bonds. The maximum Gasteiger partial charge on any atom is 0.305 e. The molecule has 0 unspecified atom stereocenters. The first-order valence-corrected chi connectivity index (χ1v) is 6.71. The quantitative estimate of drug-likeness (QED) is 0.360. The van der Waals surface area contributed by atoms with Gasteiger partial charge in [-0.15, -0.1) is 0 Å².